The molecule has 2 aromatic rings. The minimum absolute atomic E-state index is 0.0136. The van der Waals surface area contributed by atoms with Crippen molar-refractivity contribution in [3.05, 3.63) is 54.4 Å². The number of aromatic nitrogens is 1. The molecule has 0 N–H and O–H groups in total. The summed E-state index contributed by atoms with van der Waals surface area (Å²) >= 11 is 0. The highest BCUT2D eigenvalue weighted by atomic mass is 16.5. The van der Waals surface area contributed by atoms with Gasteiger partial charge in [-0.2, -0.15) is 0 Å². The van der Waals surface area contributed by atoms with Crippen molar-refractivity contribution in [1.82, 2.24) is 9.88 Å². The molecule has 1 fully saturated rings. The van der Waals surface area contributed by atoms with E-state index in [2.05, 4.69) is 4.98 Å². The molecule has 1 saturated heterocycles. The molecule has 1 atom stereocenters. The Balaban J connectivity index is 1.63. The summed E-state index contributed by atoms with van der Waals surface area (Å²) in [7, 11) is 1.60. The lowest BCUT2D eigenvalue weighted by atomic mass is 10.2. The zero-order valence-electron chi connectivity index (χ0n) is 12.4. The highest BCUT2D eigenvalue weighted by Gasteiger charge is 2.28. The van der Waals surface area contributed by atoms with Crippen LogP contribution in [0, 0.1) is 0 Å². The summed E-state index contributed by atoms with van der Waals surface area (Å²) in [6.45, 7) is 1.30. The minimum atomic E-state index is 0.0136. The Bertz CT molecular complexity index is 645. The fourth-order valence-electron chi connectivity index (χ4n) is 2.56. The molecule has 1 amide bonds. The van der Waals surface area contributed by atoms with Gasteiger partial charge in [0, 0.05) is 30.9 Å². The number of benzene rings is 1. The van der Waals surface area contributed by atoms with Crippen LogP contribution in [0.5, 0.6) is 11.5 Å². The van der Waals surface area contributed by atoms with Crippen LogP contribution in [-0.4, -0.2) is 42.1 Å². The number of pyridine rings is 1. The van der Waals surface area contributed by atoms with Crippen LogP contribution in [0.3, 0.4) is 0 Å². The maximum atomic E-state index is 12.5. The average molecular weight is 298 g/mol. The van der Waals surface area contributed by atoms with E-state index in [-0.39, 0.29) is 12.0 Å². The van der Waals surface area contributed by atoms with Crippen LogP contribution >= 0.6 is 0 Å². The van der Waals surface area contributed by atoms with Crippen LogP contribution in [0.1, 0.15) is 16.8 Å². The molecule has 0 spiro atoms. The number of ether oxygens (including phenoxy) is 2. The van der Waals surface area contributed by atoms with Crippen molar-refractivity contribution >= 4 is 5.91 Å². The van der Waals surface area contributed by atoms with Crippen LogP contribution in [0.15, 0.2) is 48.8 Å². The quantitative estimate of drug-likeness (QED) is 0.869. The number of amides is 1. The third-order valence-electron chi connectivity index (χ3n) is 3.70. The Labute approximate surface area is 129 Å². The maximum Gasteiger partial charge on any atom is 0.254 e. The fraction of sp³-hybridized carbons (Fsp3) is 0.294. The SMILES string of the molecule is COc1cccc(C(=O)N2CCC(Oc3ccncc3)C2)c1. The first-order valence-corrected chi connectivity index (χ1v) is 7.26. The number of likely N-dealkylation sites (tertiary alicyclic amines) is 1. The van der Waals surface area contributed by atoms with E-state index in [1.807, 2.05) is 35.2 Å². The summed E-state index contributed by atoms with van der Waals surface area (Å²) in [5.41, 5.74) is 0.643. The van der Waals surface area contributed by atoms with E-state index in [1.165, 1.54) is 0 Å². The highest BCUT2D eigenvalue weighted by Crippen LogP contribution is 2.20. The lowest BCUT2D eigenvalue weighted by molar-refractivity contribution is 0.0772. The Morgan fingerprint density at radius 2 is 2.05 bits per heavy atom. The van der Waals surface area contributed by atoms with Crippen molar-refractivity contribution < 1.29 is 14.3 Å². The molecule has 22 heavy (non-hydrogen) atoms. The van der Waals surface area contributed by atoms with Gasteiger partial charge < -0.3 is 14.4 Å². The predicted molar refractivity (Wildman–Crippen MR) is 82.2 cm³/mol. The van der Waals surface area contributed by atoms with Gasteiger partial charge in [-0.25, -0.2) is 0 Å². The minimum Gasteiger partial charge on any atom is -0.497 e. The van der Waals surface area contributed by atoms with Gasteiger partial charge in [0.15, 0.2) is 0 Å². The Morgan fingerprint density at radius 3 is 2.82 bits per heavy atom. The number of hydrogen-bond donors (Lipinski definition) is 0. The van der Waals surface area contributed by atoms with Crippen molar-refractivity contribution in [1.29, 1.82) is 0 Å². The van der Waals surface area contributed by atoms with Crippen molar-refractivity contribution in [2.75, 3.05) is 20.2 Å². The second-order valence-electron chi connectivity index (χ2n) is 5.19. The first-order chi connectivity index (χ1) is 10.8. The van der Waals surface area contributed by atoms with Crippen LogP contribution in [-0.2, 0) is 0 Å². The van der Waals surface area contributed by atoms with Crippen molar-refractivity contribution in [3.63, 3.8) is 0 Å². The molecule has 114 valence electrons. The summed E-state index contributed by atoms with van der Waals surface area (Å²) < 4.78 is 11.0. The zero-order chi connectivity index (χ0) is 15.4. The summed E-state index contributed by atoms with van der Waals surface area (Å²) in [5, 5.41) is 0. The molecule has 1 unspecified atom stereocenters. The molecule has 0 bridgehead atoms. The number of carbonyl (C=O) groups is 1. The van der Waals surface area contributed by atoms with E-state index in [0.717, 1.165) is 12.2 Å². The van der Waals surface area contributed by atoms with Gasteiger partial charge in [-0.15, -0.1) is 0 Å². The van der Waals surface area contributed by atoms with Gasteiger partial charge in [0.05, 0.1) is 13.7 Å². The van der Waals surface area contributed by atoms with Gasteiger partial charge >= 0.3 is 0 Å². The average Bonchev–Trinajstić information content (AvgIpc) is 3.03. The zero-order valence-corrected chi connectivity index (χ0v) is 12.4. The lowest BCUT2D eigenvalue weighted by Gasteiger charge is -2.17. The second-order valence-corrected chi connectivity index (χ2v) is 5.19. The highest BCUT2D eigenvalue weighted by molar-refractivity contribution is 5.94. The van der Waals surface area contributed by atoms with Gasteiger partial charge in [0.25, 0.3) is 5.91 Å². The normalized spacial score (nSPS) is 17.3. The molecule has 5 heteroatoms. The van der Waals surface area contributed by atoms with Gasteiger partial charge in [-0.05, 0) is 30.3 Å². The van der Waals surface area contributed by atoms with E-state index in [9.17, 15) is 4.79 Å². The number of hydrogen-bond acceptors (Lipinski definition) is 4. The molecule has 0 aliphatic carbocycles. The molecule has 2 heterocycles. The van der Waals surface area contributed by atoms with Crippen LogP contribution in [0.2, 0.25) is 0 Å². The van der Waals surface area contributed by atoms with E-state index in [1.54, 1.807) is 25.6 Å². The van der Waals surface area contributed by atoms with Gasteiger partial charge in [-0.3, -0.25) is 9.78 Å². The van der Waals surface area contributed by atoms with Crippen LogP contribution in [0.25, 0.3) is 0 Å². The van der Waals surface area contributed by atoms with Crippen molar-refractivity contribution in [2.45, 2.75) is 12.5 Å². The first kappa shape index (κ1) is 14.4. The topological polar surface area (TPSA) is 51.7 Å². The largest absolute Gasteiger partial charge is 0.497 e. The Morgan fingerprint density at radius 1 is 1.23 bits per heavy atom. The van der Waals surface area contributed by atoms with E-state index in [4.69, 9.17) is 9.47 Å². The third kappa shape index (κ3) is 3.19. The maximum absolute atomic E-state index is 12.5. The Kier molecular flexibility index (Phi) is 4.23. The molecule has 1 aromatic heterocycles. The summed E-state index contributed by atoms with van der Waals surface area (Å²) in [6, 6.07) is 10.9. The standard InChI is InChI=1S/C17H18N2O3/c1-21-15-4-2-3-13(11-15)17(20)19-10-7-16(12-19)22-14-5-8-18-9-6-14/h2-6,8-9,11,16H,7,10,12H2,1H3. The molecular formula is C17H18N2O3. The number of rotatable bonds is 4. The molecule has 0 radical (unpaired) electrons. The monoisotopic (exact) mass is 298 g/mol. The van der Waals surface area contributed by atoms with Gasteiger partial charge in [0.1, 0.15) is 17.6 Å². The molecule has 1 aliphatic rings. The second kappa shape index (κ2) is 6.47. The van der Waals surface area contributed by atoms with Crippen LogP contribution in [0.4, 0.5) is 0 Å². The van der Waals surface area contributed by atoms with Gasteiger partial charge in [0.2, 0.25) is 0 Å². The van der Waals surface area contributed by atoms with E-state index in [0.29, 0.717) is 24.4 Å². The van der Waals surface area contributed by atoms with Gasteiger partial charge in [-0.1, -0.05) is 6.07 Å². The summed E-state index contributed by atoms with van der Waals surface area (Å²) in [4.78, 5) is 18.3. The van der Waals surface area contributed by atoms with Crippen LogP contribution < -0.4 is 9.47 Å². The van der Waals surface area contributed by atoms with E-state index < -0.39 is 0 Å². The first-order valence-electron chi connectivity index (χ1n) is 7.26. The molecular weight excluding hydrogens is 280 g/mol. The molecule has 0 saturated carbocycles. The van der Waals surface area contributed by atoms with Crippen molar-refractivity contribution in [3.8, 4) is 11.5 Å². The summed E-state index contributed by atoms with van der Waals surface area (Å²) in [6.07, 6.45) is 4.25. The predicted octanol–water partition coefficient (Wildman–Crippen LogP) is 2.38. The smallest absolute Gasteiger partial charge is 0.254 e. The Hall–Kier alpha value is -2.56. The number of carbonyl (C=O) groups excluding carboxylic acids is 1. The molecule has 3 rings (SSSR count). The molecule has 1 aliphatic heterocycles. The summed E-state index contributed by atoms with van der Waals surface area (Å²) in [5.74, 6) is 1.49. The van der Waals surface area contributed by atoms with E-state index >= 15 is 0 Å². The lowest BCUT2D eigenvalue weighted by Crippen LogP contribution is -2.30. The molecule has 5 nitrogen and oxygen atoms in total. The number of nitrogens with zero attached hydrogens (tertiary/aromatic N) is 2. The molecule has 1 aromatic carbocycles. The fourth-order valence-corrected chi connectivity index (χ4v) is 2.56. The third-order valence-corrected chi connectivity index (χ3v) is 3.70. The van der Waals surface area contributed by atoms with Crippen molar-refractivity contribution in [2.24, 2.45) is 0 Å². The number of methoxy groups -OCH3 is 1.